The zero-order chi connectivity index (χ0) is 11.8. The van der Waals surface area contributed by atoms with Gasteiger partial charge >= 0.3 is 0 Å². The molecule has 0 aliphatic rings. The van der Waals surface area contributed by atoms with Gasteiger partial charge in [0, 0.05) is 19.4 Å². The first-order valence-corrected chi connectivity index (χ1v) is 5.96. The minimum Gasteiger partial charge on any atom is -0.384 e. The Morgan fingerprint density at radius 2 is 2.19 bits per heavy atom. The molecule has 1 heterocycles. The number of hydrogen-bond donors (Lipinski definition) is 1. The molecular formula is C13H22N2O. The lowest BCUT2D eigenvalue weighted by atomic mass is 10.1. The van der Waals surface area contributed by atoms with Crippen molar-refractivity contribution in [3.8, 4) is 0 Å². The van der Waals surface area contributed by atoms with Gasteiger partial charge in [0.2, 0.25) is 0 Å². The van der Waals surface area contributed by atoms with Crippen LogP contribution in [-0.4, -0.2) is 18.2 Å². The van der Waals surface area contributed by atoms with E-state index in [1.165, 1.54) is 5.56 Å². The summed E-state index contributed by atoms with van der Waals surface area (Å²) in [4.78, 5) is 3.96. The largest absolute Gasteiger partial charge is 0.384 e. The van der Waals surface area contributed by atoms with E-state index in [0.717, 1.165) is 38.4 Å². The maximum absolute atomic E-state index is 5.60. The SMILES string of the molecule is CC(C)CCOCCCc1ccnc(N)c1. The third kappa shape index (κ3) is 5.71. The highest BCUT2D eigenvalue weighted by molar-refractivity contribution is 5.31. The third-order valence-electron chi connectivity index (χ3n) is 2.44. The van der Waals surface area contributed by atoms with Crippen LogP contribution in [0.5, 0.6) is 0 Å². The summed E-state index contributed by atoms with van der Waals surface area (Å²) in [5, 5.41) is 0. The van der Waals surface area contributed by atoms with Crippen LogP contribution in [0.25, 0.3) is 0 Å². The van der Waals surface area contributed by atoms with Gasteiger partial charge in [-0.05, 0) is 42.9 Å². The van der Waals surface area contributed by atoms with Crippen molar-refractivity contribution in [1.82, 2.24) is 4.98 Å². The molecule has 1 aromatic heterocycles. The van der Waals surface area contributed by atoms with E-state index in [1.54, 1.807) is 6.20 Å². The van der Waals surface area contributed by atoms with E-state index in [4.69, 9.17) is 10.5 Å². The molecule has 0 aliphatic carbocycles. The van der Waals surface area contributed by atoms with Crippen LogP contribution < -0.4 is 5.73 Å². The van der Waals surface area contributed by atoms with Crippen molar-refractivity contribution in [1.29, 1.82) is 0 Å². The Morgan fingerprint density at radius 1 is 1.38 bits per heavy atom. The number of pyridine rings is 1. The summed E-state index contributed by atoms with van der Waals surface area (Å²) in [6.45, 7) is 6.12. The summed E-state index contributed by atoms with van der Waals surface area (Å²) in [5.41, 5.74) is 6.84. The van der Waals surface area contributed by atoms with Crippen molar-refractivity contribution in [3.05, 3.63) is 23.9 Å². The van der Waals surface area contributed by atoms with Gasteiger partial charge in [-0.3, -0.25) is 0 Å². The standard InChI is InChI=1S/C13H22N2O/c1-11(2)6-9-16-8-3-4-12-5-7-15-13(14)10-12/h5,7,10-11H,3-4,6,8-9H2,1-2H3,(H2,14,15). The first kappa shape index (κ1) is 13.0. The van der Waals surface area contributed by atoms with Crippen LogP contribution >= 0.6 is 0 Å². The molecule has 0 saturated carbocycles. The molecule has 2 N–H and O–H groups in total. The van der Waals surface area contributed by atoms with Crippen LogP contribution in [0.4, 0.5) is 5.82 Å². The molecule has 0 aromatic carbocycles. The van der Waals surface area contributed by atoms with Gasteiger partial charge in [0.05, 0.1) is 0 Å². The molecule has 90 valence electrons. The fourth-order valence-electron chi connectivity index (χ4n) is 1.45. The van der Waals surface area contributed by atoms with Gasteiger partial charge in [-0.15, -0.1) is 0 Å². The number of ether oxygens (including phenoxy) is 1. The van der Waals surface area contributed by atoms with E-state index in [0.29, 0.717) is 5.82 Å². The molecule has 0 fully saturated rings. The Labute approximate surface area is 98.0 Å². The molecule has 16 heavy (non-hydrogen) atoms. The monoisotopic (exact) mass is 222 g/mol. The molecule has 0 saturated heterocycles. The number of nitrogens with two attached hydrogens (primary N) is 1. The van der Waals surface area contributed by atoms with Crippen LogP contribution in [0, 0.1) is 5.92 Å². The zero-order valence-corrected chi connectivity index (χ0v) is 10.3. The number of rotatable bonds is 7. The van der Waals surface area contributed by atoms with Crippen LogP contribution in [-0.2, 0) is 11.2 Å². The highest BCUT2D eigenvalue weighted by atomic mass is 16.5. The van der Waals surface area contributed by atoms with Crippen molar-refractivity contribution in [3.63, 3.8) is 0 Å². The smallest absolute Gasteiger partial charge is 0.123 e. The molecular weight excluding hydrogens is 200 g/mol. The van der Waals surface area contributed by atoms with Crippen molar-refractivity contribution < 1.29 is 4.74 Å². The van der Waals surface area contributed by atoms with E-state index in [9.17, 15) is 0 Å². The molecule has 0 atom stereocenters. The average molecular weight is 222 g/mol. The molecule has 0 aliphatic heterocycles. The summed E-state index contributed by atoms with van der Waals surface area (Å²) in [6.07, 6.45) is 4.95. The van der Waals surface area contributed by atoms with E-state index >= 15 is 0 Å². The summed E-state index contributed by atoms with van der Waals surface area (Å²) >= 11 is 0. The number of nitrogen functional groups attached to an aromatic ring is 1. The second kappa shape index (κ2) is 7.23. The topological polar surface area (TPSA) is 48.1 Å². The van der Waals surface area contributed by atoms with Crippen molar-refractivity contribution in [2.45, 2.75) is 33.1 Å². The highest BCUT2D eigenvalue weighted by Crippen LogP contribution is 2.06. The Balaban J connectivity index is 2.07. The normalized spacial score (nSPS) is 10.9. The molecule has 0 radical (unpaired) electrons. The predicted molar refractivity (Wildman–Crippen MR) is 67.2 cm³/mol. The zero-order valence-electron chi connectivity index (χ0n) is 10.3. The maximum atomic E-state index is 5.60. The van der Waals surface area contributed by atoms with Crippen LogP contribution in [0.1, 0.15) is 32.3 Å². The third-order valence-corrected chi connectivity index (χ3v) is 2.44. The van der Waals surface area contributed by atoms with Gasteiger partial charge in [-0.1, -0.05) is 13.8 Å². The number of hydrogen-bond acceptors (Lipinski definition) is 3. The molecule has 0 amide bonds. The number of anilines is 1. The van der Waals surface area contributed by atoms with Gasteiger partial charge in [-0.2, -0.15) is 0 Å². The molecule has 0 bridgehead atoms. The molecule has 3 heteroatoms. The summed E-state index contributed by atoms with van der Waals surface area (Å²) < 4.78 is 5.55. The van der Waals surface area contributed by atoms with Crippen LogP contribution in [0.2, 0.25) is 0 Å². The van der Waals surface area contributed by atoms with Crippen molar-refractivity contribution in [2.24, 2.45) is 5.92 Å². The molecule has 1 rings (SSSR count). The van der Waals surface area contributed by atoms with E-state index in [1.807, 2.05) is 12.1 Å². The Morgan fingerprint density at radius 3 is 2.88 bits per heavy atom. The Hall–Kier alpha value is -1.09. The minimum atomic E-state index is 0.596. The van der Waals surface area contributed by atoms with E-state index in [2.05, 4.69) is 18.8 Å². The quantitative estimate of drug-likeness (QED) is 0.721. The fourth-order valence-corrected chi connectivity index (χ4v) is 1.45. The van der Waals surface area contributed by atoms with Crippen LogP contribution in [0.3, 0.4) is 0 Å². The summed E-state index contributed by atoms with van der Waals surface area (Å²) in [5.74, 6) is 1.32. The van der Waals surface area contributed by atoms with Gasteiger partial charge in [-0.25, -0.2) is 4.98 Å². The average Bonchev–Trinajstić information content (AvgIpc) is 2.23. The van der Waals surface area contributed by atoms with Crippen molar-refractivity contribution in [2.75, 3.05) is 18.9 Å². The van der Waals surface area contributed by atoms with E-state index in [-0.39, 0.29) is 0 Å². The minimum absolute atomic E-state index is 0.596. The summed E-state index contributed by atoms with van der Waals surface area (Å²) in [7, 11) is 0. The first-order valence-electron chi connectivity index (χ1n) is 5.96. The summed E-state index contributed by atoms with van der Waals surface area (Å²) in [6, 6.07) is 3.93. The number of nitrogens with zero attached hydrogens (tertiary/aromatic N) is 1. The lowest BCUT2D eigenvalue weighted by Crippen LogP contribution is -2.02. The number of aryl methyl sites for hydroxylation is 1. The second-order valence-corrected chi connectivity index (χ2v) is 4.49. The Kier molecular flexibility index (Phi) is 5.86. The Bertz CT molecular complexity index is 300. The van der Waals surface area contributed by atoms with E-state index < -0.39 is 0 Å². The molecule has 0 spiro atoms. The lowest BCUT2D eigenvalue weighted by Gasteiger charge is -2.06. The highest BCUT2D eigenvalue weighted by Gasteiger charge is 1.96. The van der Waals surface area contributed by atoms with Crippen molar-refractivity contribution >= 4 is 5.82 Å². The van der Waals surface area contributed by atoms with Gasteiger partial charge in [0.15, 0.2) is 0 Å². The van der Waals surface area contributed by atoms with Crippen LogP contribution in [0.15, 0.2) is 18.3 Å². The number of aromatic nitrogens is 1. The van der Waals surface area contributed by atoms with Gasteiger partial charge in [0.1, 0.15) is 5.82 Å². The molecule has 1 aromatic rings. The van der Waals surface area contributed by atoms with Gasteiger partial charge in [0.25, 0.3) is 0 Å². The predicted octanol–water partition coefficient (Wildman–Crippen LogP) is 2.66. The lowest BCUT2D eigenvalue weighted by molar-refractivity contribution is 0.121. The molecule has 3 nitrogen and oxygen atoms in total. The fraction of sp³-hybridized carbons (Fsp3) is 0.615. The van der Waals surface area contributed by atoms with Gasteiger partial charge < -0.3 is 10.5 Å². The molecule has 0 unspecified atom stereocenters. The second-order valence-electron chi connectivity index (χ2n) is 4.49. The maximum Gasteiger partial charge on any atom is 0.123 e. The first-order chi connectivity index (χ1) is 7.68.